The van der Waals surface area contributed by atoms with Gasteiger partial charge in [0.25, 0.3) is 0 Å². The molecule has 31 heavy (non-hydrogen) atoms. The van der Waals surface area contributed by atoms with E-state index in [0.717, 1.165) is 67.0 Å². The van der Waals surface area contributed by atoms with Gasteiger partial charge in [0, 0.05) is 37.1 Å². The van der Waals surface area contributed by atoms with Crippen LogP contribution in [0.3, 0.4) is 0 Å². The lowest BCUT2D eigenvalue weighted by molar-refractivity contribution is 0.0856. The first-order valence-electron chi connectivity index (χ1n) is 10.6. The fourth-order valence-electron chi connectivity index (χ4n) is 4.58. The molecule has 1 aromatic heterocycles. The molecule has 2 aliphatic heterocycles. The van der Waals surface area contributed by atoms with Gasteiger partial charge in [0.1, 0.15) is 5.75 Å². The maximum atomic E-state index is 12.5. The summed E-state index contributed by atoms with van der Waals surface area (Å²) >= 11 is 6.06. The Balaban J connectivity index is 1.18. The summed E-state index contributed by atoms with van der Waals surface area (Å²) in [4.78, 5) is 23.5. The predicted molar refractivity (Wildman–Crippen MR) is 121 cm³/mol. The molecule has 2 aliphatic rings. The number of hydrogen-bond acceptors (Lipinski definition) is 5. The minimum Gasteiger partial charge on any atom is -0.497 e. The van der Waals surface area contributed by atoms with Crippen molar-refractivity contribution >= 4 is 28.3 Å². The van der Waals surface area contributed by atoms with E-state index >= 15 is 0 Å². The monoisotopic (exact) mass is 440 g/mol. The van der Waals surface area contributed by atoms with E-state index in [-0.39, 0.29) is 17.8 Å². The number of nitrogens with one attached hydrogen (secondary N) is 1. The van der Waals surface area contributed by atoms with E-state index < -0.39 is 0 Å². The average molecular weight is 441 g/mol. The van der Waals surface area contributed by atoms with Gasteiger partial charge in [-0.15, -0.1) is 0 Å². The number of hydrogen-bond donors (Lipinski definition) is 1. The van der Waals surface area contributed by atoms with Crippen LogP contribution >= 0.6 is 11.6 Å². The van der Waals surface area contributed by atoms with E-state index in [1.807, 2.05) is 41.0 Å². The summed E-state index contributed by atoms with van der Waals surface area (Å²) in [5, 5.41) is 4.96. The van der Waals surface area contributed by atoms with E-state index in [4.69, 9.17) is 21.2 Å². The summed E-state index contributed by atoms with van der Waals surface area (Å²) in [6, 6.07) is 13.7. The Labute approximate surface area is 185 Å². The van der Waals surface area contributed by atoms with Gasteiger partial charge in [-0.2, -0.15) is 0 Å². The zero-order valence-corrected chi connectivity index (χ0v) is 18.1. The highest BCUT2D eigenvalue weighted by Gasteiger charge is 2.28. The maximum absolute atomic E-state index is 12.5. The summed E-state index contributed by atoms with van der Waals surface area (Å²) in [6.45, 7) is 2.64. The van der Waals surface area contributed by atoms with Crippen LogP contribution in [0.2, 0.25) is 5.02 Å². The topological polar surface area (TPSA) is 71.8 Å². The zero-order chi connectivity index (χ0) is 21.4. The van der Waals surface area contributed by atoms with Crippen LogP contribution < -0.4 is 10.4 Å². The highest BCUT2D eigenvalue weighted by Crippen LogP contribution is 2.30. The number of rotatable bonds is 5. The Bertz CT molecular complexity index is 1160. The Kier molecular flexibility index (Phi) is 5.46. The van der Waals surface area contributed by atoms with E-state index in [1.165, 1.54) is 0 Å². The first-order valence-corrected chi connectivity index (χ1v) is 11.0. The summed E-state index contributed by atoms with van der Waals surface area (Å²) in [6.07, 6.45) is 2.61. The van der Waals surface area contributed by atoms with Crippen molar-refractivity contribution in [2.24, 2.45) is 5.16 Å². The lowest BCUT2D eigenvalue weighted by atomic mass is 10.0. The maximum Gasteiger partial charge on any atom is 0.326 e. The number of methoxy groups -OCH3 is 1. The molecule has 162 valence electrons. The SMILES string of the molecule is COc1ccc(C2CC(CN3CCC(n4c(=O)[nH]c5cc(Cl)ccc54)CC3)=NO2)cc1. The molecule has 1 atom stereocenters. The second-order valence-electron chi connectivity index (χ2n) is 8.20. The van der Waals surface area contributed by atoms with Gasteiger partial charge in [-0.3, -0.25) is 9.47 Å². The van der Waals surface area contributed by atoms with Crippen molar-refractivity contribution < 1.29 is 9.57 Å². The van der Waals surface area contributed by atoms with Crippen molar-refractivity contribution in [2.45, 2.75) is 31.4 Å². The Morgan fingerprint density at radius 1 is 1.19 bits per heavy atom. The standard InChI is InChI=1S/C23H25ClN4O3/c1-30-19-5-2-15(3-6-19)22-13-17(26-31-22)14-27-10-8-18(9-11-27)28-21-7-4-16(24)12-20(21)25-23(28)29/h2-7,12,18,22H,8-11,13-14H2,1H3,(H,25,29). The highest BCUT2D eigenvalue weighted by atomic mass is 35.5. The molecule has 1 fully saturated rings. The molecular formula is C23H25ClN4O3. The van der Waals surface area contributed by atoms with Gasteiger partial charge in [0.05, 0.1) is 23.9 Å². The van der Waals surface area contributed by atoms with Crippen molar-refractivity contribution in [3.05, 3.63) is 63.5 Å². The van der Waals surface area contributed by atoms with Crippen molar-refractivity contribution in [1.82, 2.24) is 14.5 Å². The predicted octanol–water partition coefficient (Wildman–Crippen LogP) is 4.15. The average Bonchev–Trinajstić information content (AvgIpc) is 3.38. The molecule has 0 saturated carbocycles. The molecule has 0 amide bonds. The van der Waals surface area contributed by atoms with Gasteiger partial charge in [-0.1, -0.05) is 28.9 Å². The Morgan fingerprint density at radius 3 is 2.71 bits per heavy atom. The largest absolute Gasteiger partial charge is 0.497 e. The van der Waals surface area contributed by atoms with Crippen LogP contribution in [0.25, 0.3) is 11.0 Å². The lowest BCUT2D eigenvalue weighted by Crippen LogP contribution is -2.39. The van der Waals surface area contributed by atoms with Crippen molar-refractivity contribution in [3.63, 3.8) is 0 Å². The smallest absolute Gasteiger partial charge is 0.326 e. The number of nitrogens with zero attached hydrogens (tertiary/aromatic N) is 3. The number of H-pyrrole nitrogens is 1. The number of oxime groups is 1. The summed E-state index contributed by atoms with van der Waals surface area (Å²) in [7, 11) is 1.66. The molecule has 3 heterocycles. The van der Waals surface area contributed by atoms with Crippen molar-refractivity contribution in [2.75, 3.05) is 26.7 Å². The van der Waals surface area contributed by atoms with Gasteiger partial charge < -0.3 is 14.6 Å². The van der Waals surface area contributed by atoms with Gasteiger partial charge >= 0.3 is 5.69 Å². The van der Waals surface area contributed by atoms with E-state index in [0.29, 0.717) is 5.02 Å². The summed E-state index contributed by atoms with van der Waals surface area (Å²) in [5.41, 5.74) is 3.83. The third-order valence-corrected chi connectivity index (χ3v) is 6.46. The molecule has 0 aliphatic carbocycles. The fraction of sp³-hybridized carbons (Fsp3) is 0.391. The minimum atomic E-state index is -0.0633. The van der Waals surface area contributed by atoms with Crippen LogP contribution in [-0.2, 0) is 4.84 Å². The molecule has 1 unspecified atom stereocenters. The molecule has 2 aromatic carbocycles. The van der Waals surface area contributed by atoms with Crippen molar-refractivity contribution in [3.8, 4) is 5.75 Å². The quantitative estimate of drug-likeness (QED) is 0.647. The number of imidazole rings is 1. The van der Waals surface area contributed by atoms with Crippen LogP contribution in [0.5, 0.6) is 5.75 Å². The Hall–Kier alpha value is -2.77. The first kappa shape index (κ1) is 20.2. The number of aromatic nitrogens is 2. The van der Waals surface area contributed by atoms with Gasteiger partial charge in [0.2, 0.25) is 0 Å². The zero-order valence-electron chi connectivity index (χ0n) is 17.4. The number of halogens is 1. The van der Waals surface area contributed by atoms with E-state index in [2.05, 4.69) is 15.0 Å². The van der Waals surface area contributed by atoms with Crippen LogP contribution in [0.1, 0.15) is 37.0 Å². The number of ether oxygens (including phenoxy) is 1. The molecule has 0 spiro atoms. The molecule has 3 aromatic rings. The molecular weight excluding hydrogens is 416 g/mol. The van der Waals surface area contributed by atoms with Crippen LogP contribution in [0, 0.1) is 0 Å². The molecule has 8 heteroatoms. The molecule has 0 bridgehead atoms. The molecule has 1 saturated heterocycles. The number of benzene rings is 2. The molecule has 1 N–H and O–H groups in total. The number of piperidine rings is 1. The third kappa shape index (κ3) is 4.07. The van der Waals surface area contributed by atoms with Crippen LogP contribution in [-0.4, -0.2) is 46.9 Å². The van der Waals surface area contributed by atoms with Gasteiger partial charge in [0.15, 0.2) is 6.10 Å². The lowest BCUT2D eigenvalue weighted by Gasteiger charge is -2.32. The van der Waals surface area contributed by atoms with E-state index in [1.54, 1.807) is 13.2 Å². The second-order valence-corrected chi connectivity index (χ2v) is 8.63. The summed E-state index contributed by atoms with van der Waals surface area (Å²) < 4.78 is 7.11. The van der Waals surface area contributed by atoms with Gasteiger partial charge in [-0.05, 0) is 48.7 Å². The number of likely N-dealkylation sites (tertiary alicyclic amines) is 1. The fourth-order valence-corrected chi connectivity index (χ4v) is 4.75. The van der Waals surface area contributed by atoms with Crippen LogP contribution in [0.4, 0.5) is 0 Å². The van der Waals surface area contributed by atoms with E-state index in [9.17, 15) is 4.79 Å². The summed E-state index contributed by atoms with van der Waals surface area (Å²) in [5.74, 6) is 0.836. The second kappa shape index (κ2) is 8.40. The number of fused-ring (bicyclic) bond motifs is 1. The van der Waals surface area contributed by atoms with Crippen LogP contribution in [0.15, 0.2) is 52.4 Å². The molecule has 7 nitrogen and oxygen atoms in total. The normalized spacial score (nSPS) is 20.1. The molecule has 5 rings (SSSR count). The highest BCUT2D eigenvalue weighted by molar-refractivity contribution is 6.31. The Morgan fingerprint density at radius 2 is 1.97 bits per heavy atom. The molecule has 0 radical (unpaired) electrons. The minimum absolute atomic E-state index is 0.0323. The first-order chi connectivity index (χ1) is 15.1. The van der Waals surface area contributed by atoms with Crippen molar-refractivity contribution in [1.29, 1.82) is 0 Å². The number of aromatic amines is 1. The third-order valence-electron chi connectivity index (χ3n) is 6.22. The van der Waals surface area contributed by atoms with Gasteiger partial charge in [-0.25, -0.2) is 4.79 Å².